The molecule has 1 atom stereocenters. The zero-order valence-corrected chi connectivity index (χ0v) is 4.44. The second kappa shape index (κ2) is 4.13. The molecular weight excluding hydrogens is 88.1 g/mol. The summed E-state index contributed by atoms with van der Waals surface area (Å²) in [6.45, 7) is -3.28. The van der Waals surface area contributed by atoms with Crippen molar-refractivity contribution in [1.82, 2.24) is 0 Å². The largest absolute Gasteiger partial charge is 0.396 e. The van der Waals surface area contributed by atoms with Crippen LogP contribution in [0, 0.1) is 5.92 Å². The monoisotopic (exact) mass is 107 g/mol. The summed E-state index contributed by atoms with van der Waals surface area (Å²) in [5.41, 5.74) is 0. The highest BCUT2D eigenvalue weighted by Crippen LogP contribution is 2.01. The fraction of sp³-hybridized carbons (Fsp3) is 1.00. The van der Waals surface area contributed by atoms with Crippen molar-refractivity contribution < 1.29 is 12.0 Å². The van der Waals surface area contributed by atoms with E-state index in [1.807, 2.05) is 0 Å². The molecule has 0 unspecified atom stereocenters. The van der Waals surface area contributed by atoms with Crippen LogP contribution in [0.3, 0.4) is 0 Å². The van der Waals surface area contributed by atoms with Gasteiger partial charge in [0.05, 0.1) is 2.74 Å². The summed E-state index contributed by atoms with van der Waals surface area (Å²) in [7, 11) is 0. The van der Waals surface area contributed by atoms with Crippen molar-refractivity contribution in [2.24, 2.45) is 5.92 Å². The third-order valence-electron chi connectivity index (χ3n) is 0.733. The Morgan fingerprint density at radius 2 is 2.71 bits per heavy atom. The van der Waals surface area contributed by atoms with Crippen LogP contribution in [0.4, 0.5) is 0 Å². The number of hydrogen-bond acceptors (Lipinski definition) is 1. The Hall–Kier alpha value is -0.0400. The lowest BCUT2D eigenvalue weighted by atomic mass is 10.1. The number of aliphatic hydroxyl groups is 1. The van der Waals surface area contributed by atoms with E-state index in [-0.39, 0.29) is 6.42 Å². The van der Waals surface area contributed by atoms with E-state index in [1.165, 1.54) is 0 Å². The van der Waals surface area contributed by atoms with Crippen LogP contribution in [0.5, 0.6) is 0 Å². The molecule has 0 saturated carbocycles. The van der Waals surface area contributed by atoms with E-state index in [9.17, 15) is 0 Å². The zero-order chi connectivity index (χ0) is 9.99. The highest BCUT2D eigenvalue weighted by atomic mass is 16.3. The minimum Gasteiger partial charge on any atom is -0.396 e. The molecule has 0 aromatic rings. The Labute approximate surface area is 52.4 Å². The van der Waals surface area contributed by atoms with Crippen LogP contribution in [0.15, 0.2) is 0 Å². The molecule has 0 bridgehead atoms. The number of hydrogen-bond donors (Lipinski definition) is 1. The quantitative estimate of drug-likeness (QED) is 0.578. The first-order valence-corrected chi connectivity index (χ1v) is 2.42. The van der Waals surface area contributed by atoms with Crippen LogP contribution in [-0.4, -0.2) is 11.7 Å². The molecule has 0 spiro atoms. The lowest BCUT2D eigenvalue weighted by Crippen LogP contribution is -1.98. The van der Waals surface area contributed by atoms with Crippen molar-refractivity contribution in [1.29, 1.82) is 0 Å². The Kier molecular flexibility index (Phi) is 1.21. The molecule has 7 heavy (non-hydrogen) atoms. The summed E-state index contributed by atoms with van der Waals surface area (Å²) in [6, 6.07) is 0. The maximum Gasteiger partial charge on any atom is 0.0566 e. The van der Waals surface area contributed by atoms with Gasteiger partial charge in [0, 0.05) is 10.7 Å². The molecule has 0 rings (SSSR count). The van der Waals surface area contributed by atoms with Gasteiger partial charge in [-0.1, -0.05) is 20.2 Å². The van der Waals surface area contributed by atoms with E-state index in [4.69, 9.17) is 12.0 Å². The summed E-state index contributed by atoms with van der Waals surface area (Å²) >= 11 is 0. The van der Waals surface area contributed by atoms with Crippen molar-refractivity contribution >= 4 is 0 Å². The molecule has 0 aliphatic heterocycles. The van der Waals surface area contributed by atoms with Crippen molar-refractivity contribution in [3.63, 3.8) is 0 Å². The molecule has 1 N–H and O–H groups in total. The van der Waals surface area contributed by atoms with Gasteiger partial charge in [0.15, 0.2) is 0 Å². The second-order valence-corrected chi connectivity index (χ2v) is 1.47. The Morgan fingerprint density at radius 1 is 2.00 bits per heavy atom. The van der Waals surface area contributed by atoms with E-state index in [0.717, 1.165) is 0 Å². The van der Waals surface area contributed by atoms with Crippen molar-refractivity contribution in [2.45, 2.75) is 26.6 Å². The molecule has 0 radical (unpaired) electrons. The van der Waals surface area contributed by atoms with Gasteiger partial charge in [0.1, 0.15) is 0 Å². The lowest BCUT2D eigenvalue weighted by Gasteiger charge is -2.01. The SMILES string of the molecule is [2H]C([2H])([2H])[C@@H](CCC)C([2H])([2H])O. The molecule has 0 amide bonds. The molecule has 0 fully saturated rings. The Balaban J connectivity index is 4.45. The molecule has 0 aliphatic rings. The minimum atomic E-state index is -2.61. The molecule has 0 aromatic heterocycles. The van der Waals surface area contributed by atoms with Gasteiger partial charge in [0.25, 0.3) is 0 Å². The fourth-order valence-corrected chi connectivity index (χ4v) is 0.353. The van der Waals surface area contributed by atoms with Crippen molar-refractivity contribution in [3.8, 4) is 0 Å². The standard InChI is InChI=1S/C6H14O/c1-3-4-6(2)5-7/h6-7H,3-5H2,1-2H3/t6-/m0/s1/i2D3,5D2. The summed E-state index contributed by atoms with van der Waals surface area (Å²) in [4.78, 5) is 0. The van der Waals surface area contributed by atoms with Gasteiger partial charge in [-0.25, -0.2) is 0 Å². The molecule has 0 saturated heterocycles. The fourth-order valence-electron chi connectivity index (χ4n) is 0.353. The van der Waals surface area contributed by atoms with Gasteiger partial charge in [-0.05, 0) is 12.3 Å². The third kappa shape index (κ3) is 3.80. The topological polar surface area (TPSA) is 20.2 Å². The molecule has 44 valence electrons. The number of rotatable bonds is 3. The van der Waals surface area contributed by atoms with Crippen molar-refractivity contribution in [3.05, 3.63) is 0 Å². The van der Waals surface area contributed by atoms with E-state index < -0.39 is 19.3 Å². The first kappa shape index (κ1) is 2.06. The Bertz CT molecular complexity index is 122. The summed E-state index contributed by atoms with van der Waals surface area (Å²) in [6.07, 6.45) is 0.711. The summed E-state index contributed by atoms with van der Waals surface area (Å²) < 4.78 is 34.8. The van der Waals surface area contributed by atoms with Crippen LogP contribution in [0.25, 0.3) is 0 Å². The maximum absolute atomic E-state index is 8.92. The molecule has 0 aromatic carbocycles. The second-order valence-electron chi connectivity index (χ2n) is 1.47. The van der Waals surface area contributed by atoms with Gasteiger partial charge in [-0.3, -0.25) is 0 Å². The van der Waals surface area contributed by atoms with E-state index in [2.05, 4.69) is 0 Å². The van der Waals surface area contributed by atoms with Crippen LogP contribution in [-0.2, 0) is 0 Å². The Morgan fingerprint density at radius 3 is 2.86 bits per heavy atom. The predicted octanol–water partition coefficient (Wildman–Crippen LogP) is 1.41. The van der Waals surface area contributed by atoms with Gasteiger partial charge in [-0.2, -0.15) is 0 Å². The van der Waals surface area contributed by atoms with Gasteiger partial charge >= 0.3 is 0 Å². The van der Waals surface area contributed by atoms with Crippen LogP contribution in [0.1, 0.15) is 33.5 Å². The van der Waals surface area contributed by atoms with Crippen LogP contribution >= 0.6 is 0 Å². The highest BCUT2D eigenvalue weighted by Gasteiger charge is 1.93. The van der Waals surface area contributed by atoms with E-state index in [1.54, 1.807) is 6.92 Å². The molecule has 0 aliphatic carbocycles. The third-order valence-corrected chi connectivity index (χ3v) is 0.733. The minimum absolute atomic E-state index is 0.167. The molecular formula is C6H14O. The molecule has 1 heteroatoms. The molecule has 0 heterocycles. The normalized spacial score (nSPS) is 28.6. The summed E-state index contributed by atoms with van der Waals surface area (Å²) in [5, 5.41) is 8.92. The van der Waals surface area contributed by atoms with Crippen LogP contribution < -0.4 is 0 Å². The first-order chi connectivity index (χ1) is 5.19. The average molecular weight is 107 g/mol. The van der Waals surface area contributed by atoms with Gasteiger partial charge < -0.3 is 5.11 Å². The average Bonchev–Trinajstić information content (AvgIpc) is 1.77. The molecule has 1 nitrogen and oxygen atoms in total. The first-order valence-electron chi connectivity index (χ1n) is 4.92. The summed E-state index contributed by atoms with van der Waals surface area (Å²) in [5.74, 6) is -1.28. The highest BCUT2D eigenvalue weighted by molar-refractivity contribution is 4.45. The zero-order valence-electron chi connectivity index (χ0n) is 9.44. The van der Waals surface area contributed by atoms with Gasteiger partial charge in [0.2, 0.25) is 0 Å². The van der Waals surface area contributed by atoms with Gasteiger partial charge in [-0.15, -0.1) is 0 Å². The smallest absolute Gasteiger partial charge is 0.0566 e. The van der Waals surface area contributed by atoms with E-state index >= 15 is 0 Å². The predicted molar refractivity (Wildman–Crippen MR) is 31.2 cm³/mol. The lowest BCUT2D eigenvalue weighted by molar-refractivity contribution is 0.229. The van der Waals surface area contributed by atoms with E-state index in [0.29, 0.717) is 6.42 Å². The maximum atomic E-state index is 8.92. The van der Waals surface area contributed by atoms with Crippen LogP contribution in [0.2, 0.25) is 0 Å². The van der Waals surface area contributed by atoms with Crippen molar-refractivity contribution in [2.75, 3.05) is 6.56 Å².